The number of morpholine rings is 1. The van der Waals surface area contributed by atoms with Gasteiger partial charge in [0.25, 0.3) is 0 Å². The summed E-state index contributed by atoms with van der Waals surface area (Å²) in [6.45, 7) is 23.3. The largest absolute Gasteiger partial charge is 0.481 e. The van der Waals surface area contributed by atoms with Gasteiger partial charge in [-0.3, -0.25) is 14.5 Å². The number of nitrogens with one attached hydrogen (secondary N) is 1. The van der Waals surface area contributed by atoms with E-state index in [1.807, 2.05) is 53.7 Å². The summed E-state index contributed by atoms with van der Waals surface area (Å²) in [7, 11) is 0. The maximum absolute atomic E-state index is 14.7. The second kappa shape index (κ2) is 21.0. The molecule has 0 aromatic rings. The van der Waals surface area contributed by atoms with Crippen LogP contribution in [0.5, 0.6) is 0 Å². The van der Waals surface area contributed by atoms with Crippen molar-refractivity contribution in [2.75, 3.05) is 39.5 Å². The number of Topliss-reactive ketones (excluding diaryl/α,β-unsaturated/α-hetero) is 1. The van der Waals surface area contributed by atoms with Gasteiger partial charge in [-0.25, -0.2) is 4.79 Å². The number of alkyl carbamates (subject to hydrolysis) is 1. The van der Waals surface area contributed by atoms with Crippen molar-refractivity contribution < 1.29 is 62.9 Å². The summed E-state index contributed by atoms with van der Waals surface area (Å²) in [5.41, 5.74) is -1.75. The van der Waals surface area contributed by atoms with Crippen molar-refractivity contribution in [1.29, 1.82) is 0 Å². The summed E-state index contributed by atoms with van der Waals surface area (Å²) >= 11 is 0. The molecule has 0 saturated carbocycles. The van der Waals surface area contributed by atoms with Gasteiger partial charge < -0.3 is 53.8 Å². The number of carbonyl (C=O) groups excluding carboxylic acids is 2. The van der Waals surface area contributed by atoms with Crippen LogP contribution in [0.3, 0.4) is 0 Å². The van der Waals surface area contributed by atoms with Crippen LogP contribution >= 0.6 is 0 Å². The molecule has 4 N–H and O–H groups in total. The van der Waals surface area contributed by atoms with E-state index in [2.05, 4.69) is 31.0 Å². The average Bonchev–Trinajstić information content (AvgIpc) is 3.61. The monoisotopic (exact) mass is 907 g/mol. The van der Waals surface area contributed by atoms with Crippen molar-refractivity contribution in [3.8, 4) is 0 Å². The van der Waals surface area contributed by atoms with E-state index in [0.29, 0.717) is 77.5 Å². The normalized spacial score (nSPS) is 41.8. The van der Waals surface area contributed by atoms with E-state index in [0.717, 1.165) is 19.5 Å². The zero-order valence-electron chi connectivity index (χ0n) is 40.4. The maximum Gasteiger partial charge on any atom is 0.407 e. The second-order valence-electron chi connectivity index (χ2n) is 20.7. The number of aliphatic carboxylic acids is 1. The number of ketones is 1. The molecule has 0 radical (unpaired) electrons. The summed E-state index contributed by atoms with van der Waals surface area (Å²) in [5, 5.41) is 36.1. The third-order valence-electron chi connectivity index (χ3n) is 16.5. The quantitative estimate of drug-likeness (QED) is 0.127. The standard InChI is InChI=1S/C49H82N2O13/c1-11-35(44(54)55)37-15-14-29(4)42(61-37)33(8)40(52)32(7)41(53)36(12-2)43-30(5)28-31(6)48(62-43)19-16-38(50-45(56)59-27-24-51-22-25-58-26-23-51)49(64-48)21-20-46(10,63-49)39-17-18-47(57,13-3)34(9)60-39/h16,19,29-40,42-43,52,57H,11-15,17-18,20-28H2,1-10H3,(H,50,56)(H,54,55)/t29-,30-,31+,32-,33-,34-,35+,36?,37+,38+,39+,40+,42+,43-,46-,47+,48-,49-/m0/s1. The van der Waals surface area contributed by atoms with Gasteiger partial charge >= 0.3 is 12.1 Å². The minimum atomic E-state index is -1.38. The summed E-state index contributed by atoms with van der Waals surface area (Å²) in [5.74, 6) is -6.15. The number of ether oxygens (including phenoxy) is 7. The number of carbonyl (C=O) groups is 3. The topological polar surface area (TPSA) is 192 Å². The molecule has 18 atom stereocenters. The van der Waals surface area contributed by atoms with Crippen LogP contribution < -0.4 is 5.32 Å². The van der Waals surface area contributed by atoms with Gasteiger partial charge in [0.1, 0.15) is 18.4 Å². The van der Waals surface area contributed by atoms with Gasteiger partial charge in [0.2, 0.25) is 0 Å². The first-order valence-electron chi connectivity index (χ1n) is 24.7. The minimum absolute atomic E-state index is 0.0322. The van der Waals surface area contributed by atoms with Gasteiger partial charge in [-0.15, -0.1) is 0 Å². The van der Waals surface area contributed by atoms with Gasteiger partial charge in [0.15, 0.2) is 11.6 Å². The summed E-state index contributed by atoms with van der Waals surface area (Å²) in [4.78, 5) is 42.5. The minimum Gasteiger partial charge on any atom is -0.481 e. The lowest BCUT2D eigenvalue weighted by molar-refractivity contribution is -0.398. The Balaban J connectivity index is 1.21. The number of amides is 1. The van der Waals surface area contributed by atoms with E-state index in [9.17, 15) is 29.7 Å². The molecule has 6 heterocycles. The number of nitrogens with zero attached hydrogens (tertiary/aromatic N) is 1. The Bertz CT molecular complexity index is 1630. The highest BCUT2D eigenvalue weighted by Gasteiger charge is 2.63. The molecule has 2 spiro atoms. The predicted octanol–water partition coefficient (Wildman–Crippen LogP) is 6.25. The predicted molar refractivity (Wildman–Crippen MR) is 238 cm³/mol. The van der Waals surface area contributed by atoms with Crippen molar-refractivity contribution in [3.63, 3.8) is 0 Å². The van der Waals surface area contributed by atoms with Crippen LogP contribution in [-0.2, 0) is 42.7 Å². The molecule has 64 heavy (non-hydrogen) atoms. The van der Waals surface area contributed by atoms with Gasteiger partial charge in [-0.05, 0) is 89.5 Å². The van der Waals surface area contributed by atoms with Crippen molar-refractivity contribution in [2.45, 2.75) is 199 Å². The van der Waals surface area contributed by atoms with Crippen LogP contribution in [0.15, 0.2) is 12.2 Å². The van der Waals surface area contributed by atoms with E-state index >= 15 is 0 Å². The maximum atomic E-state index is 14.7. The van der Waals surface area contributed by atoms with Gasteiger partial charge in [0.05, 0.1) is 67.0 Å². The molecular formula is C49H82N2O13. The van der Waals surface area contributed by atoms with Crippen LogP contribution in [0.1, 0.15) is 133 Å². The first kappa shape index (κ1) is 51.2. The molecule has 15 heteroatoms. The van der Waals surface area contributed by atoms with Crippen LogP contribution in [0.2, 0.25) is 0 Å². The molecule has 0 bridgehead atoms. The SMILES string of the molecule is CCC(C(=O)[C@@H](C)[C@@H](O)[C@H](C)[C@@H]1O[C@@H]([C@@H](CC)C(=O)O)CC[C@@H]1C)[C@H]1O[C@]2(C=C[C@@H](NC(=O)OCCN3CCOCC3)[C@]3(CC[C@@](C)([C@H]4CC[C@](O)(CC)[C@H](C)O4)O3)O2)[C@H](C)C[C@@H]1C. The fourth-order valence-corrected chi connectivity index (χ4v) is 11.9. The third kappa shape index (κ3) is 10.6. The van der Waals surface area contributed by atoms with Crippen molar-refractivity contribution >= 4 is 17.8 Å². The molecule has 0 aliphatic carbocycles. The van der Waals surface area contributed by atoms with E-state index in [4.69, 9.17) is 33.2 Å². The molecule has 1 amide bonds. The van der Waals surface area contributed by atoms with E-state index in [1.54, 1.807) is 6.92 Å². The molecule has 5 saturated heterocycles. The summed E-state index contributed by atoms with van der Waals surface area (Å²) in [6.07, 6.45) is 5.72. The van der Waals surface area contributed by atoms with E-state index < -0.39 is 95.1 Å². The number of hydrogen-bond donors (Lipinski definition) is 4. The Morgan fingerprint density at radius 1 is 0.906 bits per heavy atom. The number of aliphatic hydroxyl groups excluding tert-OH is 1. The average molecular weight is 907 g/mol. The van der Waals surface area contributed by atoms with Crippen LogP contribution in [0.25, 0.3) is 0 Å². The van der Waals surface area contributed by atoms with Crippen molar-refractivity contribution in [3.05, 3.63) is 12.2 Å². The fraction of sp³-hybridized carbons (Fsp3) is 0.898. The molecule has 1 unspecified atom stereocenters. The molecule has 0 aromatic carbocycles. The molecule has 5 fully saturated rings. The van der Waals surface area contributed by atoms with Gasteiger partial charge in [0, 0.05) is 49.7 Å². The Labute approximate surface area is 382 Å². The summed E-state index contributed by atoms with van der Waals surface area (Å²) in [6, 6.07) is -0.745. The van der Waals surface area contributed by atoms with E-state index in [1.165, 1.54) is 0 Å². The molecule has 366 valence electrons. The van der Waals surface area contributed by atoms with Crippen LogP contribution in [0, 0.1) is 41.4 Å². The molecule has 15 nitrogen and oxygen atoms in total. The highest BCUT2D eigenvalue weighted by atomic mass is 16.8. The molecule has 0 aromatic heterocycles. The van der Waals surface area contributed by atoms with Gasteiger partial charge in [-0.2, -0.15) is 0 Å². The van der Waals surface area contributed by atoms with Crippen molar-refractivity contribution in [2.24, 2.45) is 41.4 Å². The number of hydrogen-bond acceptors (Lipinski definition) is 13. The highest BCUT2D eigenvalue weighted by Crippen LogP contribution is 2.54. The first-order chi connectivity index (χ1) is 30.3. The smallest absolute Gasteiger partial charge is 0.407 e. The van der Waals surface area contributed by atoms with Crippen molar-refractivity contribution in [1.82, 2.24) is 10.2 Å². The molecule has 6 aliphatic rings. The Morgan fingerprint density at radius 3 is 2.25 bits per heavy atom. The number of rotatable bonds is 16. The highest BCUT2D eigenvalue weighted by molar-refractivity contribution is 5.84. The number of aliphatic hydroxyl groups is 2. The lowest BCUT2D eigenvalue weighted by atomic mass is 9.72. The Morgan fingerprint density at radius 2 is 1.61 bits per heavy atom. The lowest BCUT2D eigenvalue weighted by Gasteiger charge is -2.55. The Hall–Kier alpha value is -2.21. The first-order valence-corrected chi connectivity index (χ1v) is 24.7. The van der Waals surface area contributed by atoms with E-state index in [-0.39, 0.29) is 36.2 Å². The zero-order valence-corrected chi connectivity index (χ0v) is 40.4. The number of carboxylic acids is 1. The summed E-state index contributed by atoms with van der Waals surface area (Å²) < 4.78 is 45.8. The second-order valence-corrected chi connectivity index (χ2v) is 20.7. The molecular weight excluding hydrogens is 825 g/mol. The van der Waals surface area contributed by atoms with Gasteiger partial charge in [-0.1, -0.05) is 61.5 Å². The zero-order chi connectivity index (χ0) is 46.8. The Kier molecular flexibility index (Phi) is 16.8. The molecule has 6 aliphatic heterocycles. The fourth-order valence-electron chi connectivity index (χ4n) is 11.9. The van der Waals surface area contributed by atoms with Crippen LogP contribution in [-0.4, -0.2) is 143 Å². The third-order valence-corrected chi connectivity index (χ3v) is 16.5. The number of carboxylic acid groups (broad SMARTS) is 1. The molecule has 6 rings (SSSR count). The lowest BCUT2D eigenvalue weighted by Crippen LogP contribution is -2.65. The van der Waals surface area contributed by atoms with Crippen LogP contribution in [0.4, 0.5) is 4.79 Å².